The fourth-order valence-electron chi connectivity index (χ4n) is 1.47. The molecule has 0 saturated heterocycles. The Bertz CT molecular complexity index is 506. The molecule has 88 valence electrons. The zero-order valence-corrected chi connectivity index (χ0v) is 9.19. The van der Waals surface area contributed by atoms with E-state index in [1.807, 2.05) is 6.92 Å². The molecule has 0 aliphatic carbocycles. The minimum atomic E-state index is -0.735. The van der Waals surface area contributed by atoms with E-state index < -0.39 is 17.7 Å². The predicted molar refractivity (Wildman–Crippen MR) is 59.2 cm³/mol. The molecule has 2 rings (SSSR count). The first-order chi connectivity index (χ1) is 8.06. The van der Waals surface area contributed by atoms with Gasteiger partial charge in [0.1, 0.15) is 17.5 Å². The first-order valence-corrected chi connectivity index (χ1v) is 5.06. The first-order valence-electron chi connectivity index (χ1n) is 5.06. The van der Waals surface area contributed by atoms with Crippen LogP contribution in [0.25, 0.3) is 0 Å². The number of nitrogens with two attached hydrogens (primary N) is 1. The smallest absolute Gasteiger partial charge is 0.149 e. The van der Waals surface area contributed by atoms with Gasteiger partial charge in [0.25, 0.3) is 0 Å². The normalized spacial score (nSPS) is 12.5. The molecule has 0 aliphatic rings. The van der Waals surface area contributed by atoms with Gasteiger partial charge in [-0.15, -0.1) is 0 Å². The second-order valence-corrected chi connectivity index (χ2v) is 3.80. The van der Waals surface area contributed by atoms with Crippen molar-refractivity contribution < 1.29 is 8.78 Å². The highest BCUT2D eigenvalue weighted by Gasteiger charge is 2.13. The molecule has 1 aromatic heterocycles. The topological polar surface area (TPSA) is 51.8 Å². The average molecular weight is 235 g/mol. The summed E-state index contributed by atoms with van der Waals surface area (Å²) in [6.45, 7) is 1.84. The molecule has 17 heavy (non-hydrogen) atoms. The van der Waals surface area contributed by atoms with Crippen LogP contribution in [0, 0.1) is 18.6 Å². The zero-order valence-electron chi connectivity index (χ0n) is 9.19. The SMILES string of the molecule is Cc1cnc(C(N)c2cc(F)cc(F)c2)nc1. The summed E-state index contributed by atoms with van der Waals surface area (Å²) in [5, 5.41) is 0. The molecule has 0 aliphatic heterocycles. The number of benzene rings is 1. The van der Waals surface area contributed by atoms with Crippen LogP contribution in [0.15, 0.2) is 30.6 Å². The third kappa shape index (κ3) is 2.62. The van der Waals surface area contributed by atoms with Gasteiger partial charge in [-0.25, -0.2) is 18.7 Å². The summed E-state index contributed by atoms with van der Waals surface area (Å²) in [4.78, 5) is 8.07. The molecule has 1 heterocycles. The van der Waals surface area contributed by atoms with Gasteiger partial charge in [-0.1, -0.05) is 0 Å². The molecule has 0 bridgehead atoms. The molecule has 0 spiro atoms. The first kappa shape index (κ1) is 11.6. The van der Waals surface area contributed by atoms with E-state index in [0.29, 0.717) is 11.4 Å². The van der Waals surface area contributed by atoms with Gasteiger partial charge in [-0.05, 0) is 30.2 Å². The van der Waals surface area contributed by atoms with Gasteiger partial charge in [0.05, 0.1) is 6.04 Å². The van der Waals surface area contributed by atoms with Crippen LogP contribution in [0.3, 0.4) is 0 Å². The van der Waals surface area contributed by atoms with Crippen LogP contribution in [-0.2, 0) is 0 Å². The van der Waals surface area contributed by atoms with Crippen LogP contribution in [-0.4, -0.2) is 9.97 Å². The van der Waals surface area contributed by atoms with E-state index in [4.69, 9.17) is 5.73 Å². The van der Waals surface area contributed by atoms with Crippen LogP contribution in [0.1, 0.15) is 23.0 Å². The number of hydrogen-bond donors (Lipinski definition) is 1. The van der Waals surface area contributed by atoms with E-state index in [2.05, 4.69) is 9.97 Å². The Morgan fingerprint density at radius 3 is 2.12 bits per heavy atom. The number of halogens is 2. The molecule has 0 saturated carbocycles. The molecule has 1 atom stereocenters. The maximum Gasteiger partial charge on any atom is 0.149 e. The molecule has 0 radical (unpaired) electrons. The number of aryl methyl sites for hydroxylation is 1. The standard InChI is InChI=1S/C12H11F2N3/c1-7-5-16-12(17-6-7)11(15)8-2-9(13)4-10(14)3-8/h2-6,11H,15H2,1H3. The van der Waals surface area contributed by atoms with Crippen molar-refractivity contribution in [2.24, 2.45) is 5.73 Å². The Balaban J connectivity index is 2.36. The van der Waals surface area contributed by atoms with Gasteiger partial charge in [0.15, 0.2) is 0 Å². The fraction of sp³-hybridized carbons (Fsp3) is 0.167. The number of hydrogen-bond acceptors (Lipinski definition) is 3. The number of nitrogens with zero attached hydrogens (tertiary/aromatic N) is 2. The third-order valence-corrected chi connectivity index (χ3v) is 2.32. The van der Waals surface area contributed by atoms with Crippen LogP contribution in [0.2, 0.25) is 0 Å². The summed E-state index contributed by atoms with van der Waals surface area (Å²) in [6, 6.07) is 2.42. The summed E-state index contributed by atoms with van der Waals surface area (Å²) in [5.74, 6) is -0.995. The van der Waals surface area contributed by atoms with Crippen molar-refractivity contribution in [2.75, 3.05) is 0 Å². The monoisotopic (exact) mass is 235 g/mol. The van der Waals surface area contributed by atoms with E-state index in [1.165, 1.54) is 12.1 Å². The van der Waals surface area contributed by atoms with Crippen LogP contribution in [0.5, 0.6) is 0 Å². The number of aromatic nitrogens is 2. The maximum absolute atomic E-state index is 13.0. The third-order valence-electron chi connectivity index (χ3n) is 2.32. The van der Waals surface area contributed by atoms with E-state index in [0.717, 1.165) is 11.6 Å². The van der Waals surface area contributed by atoms with Gasteiger partial charge in [0, 0.05) is 18.5 Å². The van der Waals surface area contributed by atoms with Crippen LogP contribution in [0.4, 0.5) is 8.78 Å². The Hall–Kier alpha value is -1.88. The summed E-state index contributed by atoms with van der Waals surface area (Å²) >= 11 is 0. The van der Waals surface area contributed by atoms with Crippen LogP contribution >= 0.6 is 0 Å². The van der Waals surface area contributed by atoms with E-state index in [9.17, 15) is 8.78 Å². The molecule has 5 heteroatoms. The molecule has 1 aromatic carbocycles. The second-order valence-electron chi connectivity index (χ2n) is 3.80. The lowest BCUT2D eigenvalue weighted by molar-refractivity contribution is 0.576. The molecular weight excluding hydrogens is 224 g/mol. The molecule has 3 nitrogen and oxygen atoms in total. The molecule has 0 amide bonds. The van der Waals surface area contributed by atoms with Gasteiger partial charge in [-0.3, -0.25) is 0 Å². The largest absolute Gasteiger partial charge is 0.318 e. The van der Waals surface area contributed by atoms with Crippen molar-refractivity contribution in [3.8, 4) is 0 Å². The Morgan fingerprint density at radius 1 is 1.06 bits per heavy atom. The lowest BCUT2D eigenvalue weighted by atomic mass is 10.1. The van der Waals surface area contributed by atoms with Gasteiger partial charge in [-0.2, -0.15) is 0 Å². The van der Waals surface area contributed by atoms with Gasteiger partial charge < -0.3 is 5.73 Å². The van der Waals surface area contributed by atoms with Gasteiger partial charge in [0.2, 0.25) is 0 Å². The Morgan fingerprint density at radius 2 is 1.59 bits per heavy atom. The lowest BCUT2D eigenvalue weighted by Crippen LogP contribution is -2.15. The average Bonchev–Trinajstić information content (AvgIpc) is 2.28. The minimum Gasteiger partial charge on any atom is -0.318 e. The quantitative estimate of drug-likeness (QED) is 0.867. The molecule has 2 N–H and O–H groups in total. The van der Waals surface area contributed by atoms with Crippen LogP contribution < -0.4 is 5.73 Å². The molecule has 0 fully saturated rings. The van der Waals surface area contributed by atoms with Crippen molar-refractivity contribution >= 4 is 0 Å². The summed E-state index contributed by atoms with van der Waals surface area (Å²) in [5.41, 5.74) is 7.05. The Kier molecular flexibility index (Phi) is 3.10. The highest BCUT2D eigenvalue weighted by Crippen LogP contribution is 2.18. The molecule has 1 unspecified atom stereocenters. The predicted octanol–water partition coefficient (Wildman–Crippen LogP) is 2.11. The summed E-state index contributed by atoms with van der Waals surface area (Å²) in [7, 11) is 0. The highest BCUT2D eigenvalue weighted by atomic mass is 19.1. The lowest BCUT2D eigenvalue weighted by Gasteiger charge is -2.10. The van der Waals surface area contributed by atoms with Gasteiger partial charge >= 0.3 is 0 Å². The minimum absolute atomic E-state index is 0.311. The number of rotatable bonds is 2. The van der Waals surface area contributed by atoms with Crippen molar-refractivity contribution in [2.45, 2.75) is 13.0 Å². The van der Waals surface area contributed by atoms with E-state index in [1.54, 1.807) is 12.4 Å². The summed E-state index contributed by atoms with van der Waals surface area (Å²) < 4.78 is 26.1. The van der Waals surface area contributed by atoms with E-state index in [-0.39, 0.29) is 0 Å². The Labute approximate surface area is 97.3 Å². The highest BCUT2D eigenvalue weighted by molar-refractivity contribution is 5.26. The second kappa shape index (κ2) is 4.55. The maximum atomic E-state index is 13.0. The van der Waals surface area contributed by atoms with Crippen molar-refractivity contribution in [1.29, 1.82) is 0 Å². The van der Waals surface area contributed by atoms with Crippen molar-refractivity contribution in [1.82, 2.24) is 9.97 Å². The van der Waals surface area contributed by atoms with Crippen molar-refractivity contribution in [3.63, 3.8) is 0 Å². The zero-order chi connectivity index (χ0) is 12.4. The molecular formula is C12H11F2N3. The molecule has 2 aromatic rings. The summed E-state index contributed by atoms with van der Waals surface area (Å²) in [6.07, 6.45) is 3.22. The van der Waals surface area contributed by atoms with E-state index >= 15 is 0 Å². The fourth-order valence-corrected chi connectivity index (χ4v) is 1.47. The van der Waals surface area contributed by atoms with Crippen molar-refractivity contribution in [3.05, 3.63) is 59.2 Å².